The van der Waals surface area contributed by atoms with Crippen molar-refractivity contribution >= 4 is 5.95 Å². The predicted octanol–water partition coefficient (Wildman–Crippen LogP) is -0.587. The predicted molar refractivity (Wildman–Crippen MR) is 65.0 cm³/mol. The van der Waals surface area contributed by atoms with Crippen LogP contribution in [0, 0.1) is 0 Å². The van der Waals surface area contributed by atoms with Crippen LogP contribution in [0.5, 0.6) is 0 Å². The Morgan fingerprint density at radius 3 is 2.75 bits per heavy atom. The molecule has 1 saturated heterocycles. The summed E-state index contributed by atoms with van der Waals surface area (Å²) >= 11 is 0. The lowest BCUT2D eigenvalue weighted by Gasteiger charge is -2.27. The number of ether oxygens (including phenoxy) is 1. The van der Waals surface area contributed by atoms with Crippen molar-refractivity contribution in [1.29, 1.82) is 0 Å². The van der Waals surface area contributed by atoms with Crippen LogP contribution in [0.1, 0.15) is 20.1 Å². The van der Waals surface area contributed by atoms with Crippen molar-refractivity contribution in [3.8, 4) is 0 Å². The summed E-state index contributed by atoms with van der Waals surface area (Å²) in [5, 5.41) is 28.2. The lowest BCUT2D eigenvalue weighted by Crippen LogP contribution is -2.47. The number of nitrogens with one attached hydrogen (secondary N) is 1. The fourth-order valence-electron chi connectivity index (χ4n) is 2.31. The average molecular weight is 289 g/mol. The van der Waals surface area contributed by atoms with Crippen molar-refractivity contribution in [3.05, 3.63) is 22.6 Å². The van der Waals surface area contributed by atoms with Crippen molar-refractivity contribution in [2.75, 3.05) is 12.1 Å². The summed E-state index contributed by atoms with van der Waals surface area (Å²) in [5.41, 5.74) is -2.74. The Hall–Kier alpha value is -1.55. The maximum absolute atomic E-state index is 14.7. The van der Waals surface area contributed by atoms with Gasteiger partial charge in [-0.1, -0.05) is 0 Å². The molecule has 0 unspecified atom stereocenters. The minimum absolute atomic E-state index is 0.333. The van der Waals surface area contributed by atoms with E-state index in [0.717, 1.165) is 17.6 Å². The number of hydrogen-bond acceptors (Lipinski definition) is 7. The van der Waals surface area contributed by atoms with Crippen LogP contribution >= 0.6 is 0 Å². The van der Waals surface area contributed by atoms with E-state index < -0.39 is 35.8 Å². The first-order chi connectivity index (χ1) is 9.26. The van der Waals surface area contributed by atoms with Gasteiger partial charge in [-0.2, -0.15) is 4.98 Å². The van der Waals surface area contributed by atoms with Crippen LogP contribution in [0.3, 0.4) is 0 Å². The maximum Gasteiger partial charge on any atom is 0.274 e. The van der Waals surface area contributed by atoms with Crippen molar-refractivity contribution in [3.63, 3.8) is 0 Å². The fourth-order valence-corrected chi connectivity index (χ4v) is 2.31. The molecule has 9 heteroatoms. The van der Waals surface area contributed by atoms with Gasteiger partial charge in [0.05, 0.1) is 6.61 Å². The second-order valence-corrected chi connectivity index (χ2v) is 5.10. The van der Waals surface area contributed by atoms with Gasteiger partial charge in [-0.25, -0.2) is 9.87 Å². The molecule has 1 aromatic heterocycles. The Bertz CT molecular complexity index is 563. The number of nitrogens with zero attached hydrogens (tertiary/aromatic N) is 2. The van der Waals surface area contributed by atoms with Crippen molar-refractivity contribution in [2.24, 2.45) is 0 Å². The molecule has 0 aliphatic carbocycles. The number of alkyl halides is 1. The summed E-state index contributed by atoms with van der Waals surface area (Å²) in [6, 6.07) is 1.06. The average Bonchev–Trinajstić information content (AvgIpc) is 2.60. The molecule has 1 aliphatic rings. The molecule has 0 radical (unpaired) electrons. The van der Waals surface area contributed by atoms with Crippen LogP contribution in [-0.4, -0.2) is 49.0 Å². The molecular weight excluding hydrogens is 273 g/mol. The third-order valence-corrected chi connectivity index (χ3v) is 3.48. The lowest BCUT2D eigenvalue weighted by atomic mass is 9.90. The molecule has 8 nitrogen and oxygen atoms in total. The number of aromatic nitrogens is 2. The van der Waals surface area contributed by atoms with E-state index in [2.05, 4.69) is 4.98 Å². The van der Waals surface area contributed by atoms with E-state index in [0.29, 0.717) is 0 Å². The SMILES string of the molecule is C[C@]1(F)[C@H](n2ccc(=O)nc2NO)O[C@](C)(CO)[C@H]1O. The first-order valence-electron chi connectivity index (χ1n) is 5.91. The van der Waals surface area contributed by atoms with Gasteiger partial charge < -0.3 is 14.9 Å². The quantitative estimate of drug-likeness (QED) is 0.550. The first-order valence-corrected chi connectivity index (χ1v) is 5.91. The summed E-state index contributed by atoms with van der Waals surface area (Å²) in [6.45, 7) is 1.86. The normalized spacial score (nSPS) is 37.1. The Labute approximate surface area is 113 Å². The molecule has 0 bridgehead atoms. The number of hydrogen-bond donors (Lipinski definition) is 4. The second kappa shape index (κ2) is 4.77. The number of rotatable bonds is 3. The Morgan fingerprint density at radius 2 is 2.25 bits per heavy atom. The number of aliphatic hydroxyl groups excluding tert-OH is 2. The topological polar surface area (TPSA) is 117 Å². The molecule has 1 fully saturated rings. The van der Waals surface area contributed by atoms with Gasteiger partial charge in [-0.15, -0.1) is 0 Å². The summed E-state index contributed by atoms with van der Waals surface area (Å²) in [5.74, 6) is -0.333. The summed E-state index contributed by atoms with van der Waals surface area (Å²) in [7, 11) is 0. The van der Waals surface area contributed by atoms with E-state index in [4.69, 9.17) is 9.94 Å². The van der Waals surface area contributed by atoms with E-state index in [-0.39, 0.29) is 5.95 Å². The standard InChI is InChI=1S/C11H16FN3O5/c1-10(5-16)7(18)11(2,12)8(20-10)15-4-3-6(17)13-9(15)14-19/h3-4,7-8,16,18-19H,5H2,1-2H3,(H,13,14,17)/t7-,8-,10-,11-/m1/s1. The molecule has 2 rings (SSSR count). The van der Waals surface area contributed by atoms with Gasteiger partial charge in [0.1, 0.15) is 11.7 Å². The van der Waals surface area contributed by atoms with Gasteiger partial charge in [0.2, 0.25) is 5.95 Å². The highest BCUT2D eigenvalue weighted by Gasteiger charge is 2.61. The molecule has 0 aromatic carbocycles. The third kappa shape index (κ3) is 2.08. The molecule has 4 atom stereocenters. The van der Waals surface area contributed by atoms with Crippen LogP contribution < -0.4 is 11.0 Å². The van der Waals surface area contributed by atoms with Crippen LogP contribution in [0.2, 0.25) is 0 Å². The van der Waals surface area contributed by atoms with Crippen LogP contribution in [-0.2, 0) is 4.74 Å². The molecule has 0 saturated carbocycles. The van der Waals surface area contributed by atoms with Crippen LogP contribution in [0.25, 0.3) is 0 Å². The van der Waals surface area contributed by atoms with Gasteiger partial charge >= 0.3 is 0 Å². The van der Waals surface area contributed by atoms with Gasteiger partial charge in [-0.05, 0) is 13.8 Å². The van der Waals surface area contributed by atoms with Crippen LogP contribution in [0.15, 0.2) is 17.1 Å². The Kier molecular flexibility index (Phi) is 3.54. The van der Waals surface area contributed by atoms with Gasteiger partial charge in [0, 0.05) is 12.3 Å². The van der Waals surface area contributed by atoms with Crippen molar-refractivity contribution in [1.82, 2.24) is 9.55 Å². The molecule has 2 heterocycles. The summed E-state index contributed by atoms with van der Waals surface area (Å²) < 4.78 is 21.2. The molecule has 4 N–H and O–H groups in total. The molecule has 1 aromatic rings. The largest absolute Gasteiger partial charge is 0.393 e. The highest BCUT2D eigenvalue weighted by Crippen LogP contribution is 2.46. The van der Waals surface area contributed by atoms with Crippen LogP contribution in [0.4, 0.5) is 10.3 Å². The molecule has 0 spiro atoms. The monoisotopic (exact) mass is 289 g/mol. The van der Waals surface area contributed by atoms with Gasteiger partial charge in [-0.3, -0.25) is 14.6 Å². The Morgan fingerprint density at radius 1 is 1.60 bits per heavy atom. The lowest BCUT2D eigenvalue weighted by molar-refractivity contribution is -0.117. The number of aliphatic hydroxyl groups is 2. The van der Waals surface area contributed by atoms with E-state index in [1.54, 1.807) is 5.48 Å². The maximum atomic E-state index is 14.7. The molecular formula is C11H16FN3O5. The molecule has 0 amide bonds. The first kappa shape index (κ1) is 14.9. The minimum atomic E-state index is -2.26. The zero-order valence-corrected chi connectivity index (χ0v) is 10.9. The highest BCUT2D eigenvalue weighted by molar-refractivity contribution is 5.23. The molecule has 20 heavy (non-hydrogen) atoms. The van der Waals surface area contributed by atoms with E-state index in [9.17, 15) is 19.4 Å². The molecule has 112 valence electrons. The second-order valence-electron chi connectivity index (χ2n) is 5.10. The van der Waals surface area contributed by atoms with Crippen molar-refractivity contribution in [2.45, 2.75) is 37.4 Å². The summed E-state index contributed by atoms with van der Waals surface area (Å²) in [6.07, 6.45) is -1.81. The molecule has 1 aliphatic heterocycles. The number of anilines is 1. The minimum Gasteiger partial charge on any atom is -0.393 e. The van der Waals surface area contributed by atoms with E-state index in [1.165, 1.54) is 13.1 Å². The van der Waals surface area contributed by atoms with Gasteiger partial charge in [0.15, 0.2) is 11.9 Å². The smallest absolute Gasteiger partial charge is 0.274 e. The van der Waals surface area contributed by atoms with E-state index >= 15 is 0 Å². The number of halogens is 1. The highest BCUT2D eigenvalue weighted by atomic mass is 19.1. The Balaban J connectivity index is 2.51. The van der Waals surface area contributed by atoms with Crippen molar-refractivity contribution < 1.29 is 24.5 Å². The summed E-state index contributed by atoms with van der Waals surface area (Å²) in [4.78, 5) is 14.6. The van der Waals surface area contributed by atoms with Gasteiger partial charge in [0.25, 0.3) is 5.56 Å². The zero-order chi connectivity index (χ0) is 15.1. The van der Waals surface area contributed by atoms with E-state index in [1.807, 2.05) is 0 Å². The zero-order valence-electron chi connectivity index (χ0n) is 10.9. The third-order valence-electron chi connectivity index (χ3n) is 3.48. The fraction of sp³-hybridized carbons (Fsp3) is 0.636.